The predicted octanol–water partition coefficient (Wildman–Crippen LogP) is 1.90. The van der Waals surface area contributed by atoms with Crippen LogP contribution in [0, 0.1) is 0 Å². The van der Waals surface area contributed by atoms with E-state index in [1.807, 2.05) is 36.4 Å². The summed E-state index contributed by atoms with van der Waals surface area (Å²) in [6.45, 7) is 1.06. The van der Waals surface area contributed by atoms with Crippen molar-refractivity contribution in [3.8, 4) is 0 Å². The number of nitrogens with one attached hydrogen (secondary N) is 2. The molecule has 1 atom stereocenters. The number of urea groups is 1. The summed E-state index contributed by atoms with van der Waals surface area (Å²) in [7, 11) is 0. The molecule has 0 aliphatic carbocycles. The molecular formula is C17H17N3O2. The molecule has 1 unspecified atom stereocenters. The first-order valence-corrected chi connectivity index (χ1v) is 7.20. The molecule has 1 aliphatic rings. The lowest BCUT2D eigenvalue weighted by Gasteiger charge is -2.13. The highest BCUT2D eigenvalue weighted by Gasteiger charge is 2.38. The first-order chi connectivity index (χ1) is 10.8. The maximum Gasteiger partial charge on any atom is 0.329 e. The van der Waals surface area contributed by atoms with Gasteiger partial charge in [-0.1, -0.05) is 48.5 Å². The SMILES string of the molecule is O=C1NC(CNCc2ccccc2)C(=O)N1c1ccccc1. The van der Waals surface area contributed by atoms with Gasteiger partial charge in [-0.2, -0.15) is 0 Å². The first kappa shape index (κ1) is 14.3. The van der Waals surface area contributed by atoms with E-state index in [1.54, 1.807) is 24.3 Å². The summed E-state index contributed by atoms with van der Waals surface area (Å²) >= 11 is 0. The lowest BCUT2D eigenvalue weighted by atomic mass is 10.2. The molecule has 2 aromatic carbocycles. The molecule has 5 nitrogen and oxygen atoms in total. The van der Waals surface area contributed by atoms with Crippen LogP contribution in [0.5, 0.6) is 0 Å². The molecule has 0 spiro atoms. The Morgan fingerprint density at radius 1 is 0.955 bits per heavy atom. The number of para-hydroxylation sites is 1. The molecule has 0 saturated carbocycles. The number of rotatable bonds is 5. The topological polar surface area (TPSA) is 61.4 Å². The van der Waals surface area contributed by atoms with Crippen molar-refractivity contribution in [2.45, 2.75) is 12.6 Å². The monoisotopic (exact) mass is 295 g/mol. The van der Waals surface area contributed by atoms with Gasteiger partial charge in [0.2, 0.25) is 0 Å². The van der Waals surface area contributed by atoms with E-state index in [0.29, 0.717) is 18.8 Å². The zero-order chi connectivity index (χ0) is 15.4. The van der Waals surface area contributed by atoms with Crippen molar-refractivity contribution in [3.63, 3.8) is 0 Å². The quantitative estimate of drug-likeness (QED) is 0.828. The molecule has 0 aromatic heterocycles. The molecule has 0 bridgehead atoms. The fourth-order valence-electron chi connectivity index (χ4n) is 2.45. The molecule has 1 aliphatic heterocycles. The number of imide groups is 1. The number of nitrogens with zero attached hydrogens (tertiary/aromatic N) is 1. The largest absolute Gasteiger partial charge is 0.329 e. The average molecular weight is 295 g/mol. The normalized spacial score (nSPS) is 17.6. The second-order valence-electron chi connectivity index (χ2n) is 5.13. The van der Waals surface area contributed by atoms with Crippen LogP contribution >= 0.6 is 0 Å². The second kappa shape index (κ2) is 6.41. The maximum absolute atomic E-state index is 12.4. The first-order valence-electron chi connectivity index (χ1n) is 7.20. The van der Waals surface area contributed by atoms with Crippen LogP contribution < -0.4 is 15.5 Å². The van der Waals surface area contributed by atoms with E-state index in [-0.39, 0.29) is 11.9 Å². The Morgan fingerprint density at radius 2 is 1.59 bits per heavy atom. The van der Waals surface area contributed by atoms with Crippen molar-refractivity contribution in [2.75, 3.05) is 11.4 Å². The Labute approximate surface area is 128 Å². The van der Waals surface area contributed by atoms with E-state index in [9.17, 15) is 9.59 Å². The van der Waals surface area contributed by atoms with Gasteiger partial charge in [0.05, 0.1) is 5.69 Å². The summed E-state index contributed by atoms with van der Waals surface area (Å²) in [4.78, 5) is 25.5. The summed E-state index contributed by atoms with van der Waals surface area (Å²) in [5, 5.41) is 5.92. The van der Waals surface area contributed by atoms with Crippen molar-refractivity contribution >= 4 is 17.6 Å². The van der Waals surface area contributed by atoms with Crippen LogP contribution in [-0.4, -0.2) is 24.5 Å². The number of anilines is 1. The minimum atomic E-state index is -0.531. The fraction of sp³-hybridized carbons (Fsp3) is 0.176. The van der Waals surface area contributed by atoms with Gasteiger partial charge in [0.15, 0.2) is 0 Å². The third-order valence-corrected chi connectivity index (χ3v) is 3.55. The molecule has 1 heterocycles. The smallest absolute Gasteiger partial charge is 0.324 e. The fourth-order valence-corrected chi connectivity index (χ4v) is 2.45. The molecule has 2 N–H and O–H groups in total. The number of hydrogen-bond acceptors (Lipinski definition) is 3. The van der Waals surface area contributed by atoms with E-state index in [1.165, 1.54) is 4.90 Å². The van der Waals surface area contributed by atoms with Crippen molar-refractivity contribution in [3.05, 3.63) is 66.2 Å². The Kier molecular flexibility index (Phi) is 4.16. The third kappa shape index (κ3) is 2.99. The Bertz CT molecular complexity index is 658. The predicted molar refractivity (Wildman–Crippen MR) is 84.4 cm³/mol. The molecular weight excluding hydrogens is 278 g/mol. The van der Waals surface area contributed by atoms with Crippen molar-refractivity contribution in [1.82, 2.24) is 10.6 Å². The second-order valence-corrected chi connectivity index (χ2v) is 5.13. The lowest BCUT2D eigenvalue weighted by Crippen LogP contribution is -2.39. The highest BCUT2D eigenvalue weighted by molar-refractivity contribution is 6.21. The van der Waals surface area contributed by atoms with Gasteiger partial charge < -0.3 is 10.6 Å². The van der Waals surface area contributed by atoms with Crippen LogP contribution in [0.1, 0.15) is 5.56 Å². The van der Waals surface area contributed by atoms with Crippen LogP contribution in [0.4, 0.5) is 10.5 Å². The van der Waals surface area contributed by atoms with E-state index in [4.69, 9.17) is 0 Å². The van der Waals surface area contributed by atoms with Gasteiger partial charge in [0.25, 0.3) is 5.91 Å². The highest BCUT2D eigenvalue weighted by atomic mass is 16.2. The van der Waals surface area contributed by atoms with Gasteiger partial charge in [-0.25, -0.2) is 9.69 Å². The highest BCUT2D eigenvalue weighted by Crippen LogP contribution is 2.18. The molecule has 5 heteroatoms. The number of hydrogen-bond donors (Lipinski definition) is 2. The molecule has 2 aromatic rings. The molecule has 1 fully saturated rings. The van der Waals surface area contributed by atoms with Gasteiger partial charge >= 0.3 is 6.03 Å². The van der Waals surface area contributed by atoms with E-state index >= 15 is 0 Å². The van der Waals surface area contributed by atoms with Crippen LogP contribution in [0.2, 0.25) is 0 Å². The molecule has 1 saturated heterocycles. The van der Waals surface area contributed by atoms with Crippen LogP contribution in [-0.2, 0) is 11.3 Å². The standard InChI is InChI=1S/C17H17N3O2/c21-16-15(12-18-11-13-7-3-1-4-8-13)19-17(22)20(16)14-9-5-2-6-10-14/h1-10,15,18H,11-12H2,(H,19,22). The minimum absolute atomic E-state index is 0.225. The van der Waals surface area contributed by atoms with Gasteiger partial charge in [-0.15, -0.1) is 0 Å². The summed E-state index contributed by atoms with van der Waals surface area (Å²) < 4.78 is 0. The molecule has 3 amide bonds. The zero-order valence-corrected chi connectivity index (χ0v) is 12.0. The van der Waals surface area contributed by atoms with Gasteiger partial charge in [0.1, 0.15) is 6.04 Å². The minimum Gasteiger partial charge on any atom is -0.324 e. The van der Waals surface area contributed by atoms with E-state index in [2.05, 4.69) is 10.6 Å². The Morgan fingerprint density at radius 3 is 2.27 bits per heavy atom. The lowest BCUT2D eigenvalue weighted by molar-refractivity contribution is -0.118. The van der Waals surface area contributed by atoms with Gasteiger partial charge in [0, 0.05) is 13.1 Å². The molecule has 3 rings (SSSR count). The number of amides is 3. The van der Waals surface area contributed by atoms with Gasteiger partial charge in [-0.3, -0.25) is 4.79 Å². The van der Waals surface area contributed by atoms with Crippen LogP contribution in [0.15, 0.2) is 60.7 Å². The summed E-state index contributed by atoms with van der Waals surface area (Å²) in [6.07, 6.45) is 0. The average Bonchev–Trinajstić information content (AvgIpc) is 2.83. The molecule has 0 radical (unpaired) electrons. The Balaban J connectivity index is 1.60. The third-order valence-electron chi connectivity index (χ3n) is 3.55. The van der Waals surface area contributed by atoms with Crippen molar-refractivity contribution in [1.29, 1.82) is 0 Å². The van der Waals surface area contributed by atoms with E-state index < -0.39 is 6.04 Å². The van der Waals surface area contributed by atoms with E-state index in [0.717, 1.165) is 5.56 Å². The zero-order valence-electron chi connectivity index (χ0n) is 12.0. The maximum atomic E-state index is 12.4. The number of carbonyl (C=O) groups is 2. The van der Waals surface area contributed by atoms with Crippen LogP contribution in [0.25, 0.3) is 0 Å². The molecule has 112 valence electrons. The van der Waals surface area contributed by atoms with Gasteiger partial charge in [-0.05, 0) is 17.7 Å². The van der Waals surface area contributed by atoms with Crippen molar-refractivity contribution < 1.29 is 9.59 Å². The number of benzene rings is 2. The van der Waals surface area contributed by atoms with Crippen molar-refractivity contribution in [2.24, 2.45) is 0 Å². The Hall–Kier alpha value is -2.66. The summed E-state index contributed by atoms with van der Waals surface area (Å²) in [5.41, 5.74) is 1.73. The summed E-state index contributed by atoms with van der Waals surface area (Å²) in [5.74, 6) is -0.225. The summed E-state index contributed by atoms with van der Waals surface area (Å²) in [6, 6.07) is 18.0. The number of carbonyl (C=O) groups excluding carboxylic acids is 2. The molecule has 22 heavy (non-hydrogen) atoms. The van der Waals surface area contributed by atoms with Crippen LogP contribution in [0.3, 0.4) is 0 Å².